The highest BCUT2D eigenvalue weighted by atomic mass is 32.2. The lowest BCUT2D eigenvalue weighted by Crippen LogP contribution is -2.57. The van der Waals surface area contributed by atoms with E-state index in [0.717, 1.165) is 5.75 Å². The number of nitrogens with one attached hydrogen (secondary N) is 2. The number of rotatable bonds is 4. The Labute approximate surface area is 115 Å². The van der Waals surface area contributed by atoms with Gasteiger partial charge in [0.05, 0.1) is 0 Å². The maximum Gasteiger partial charge on any atom is 0.247 e. The lowest BCUT2D eigenvalue weighted by molar-refractivity contribution is -0.137. The molecule has 0 aromatic heterocycles. The van der Waals surface area contributed by atoms with Crippen molar-refractivity contribution in [2.45, 2.75) is 18.5 Å². The van der Waals surface area contributed by atoms with E-state index in [1.54, 1.807) is 23.9 Å². The summed E-state index contributed by atoms with van der Waals surface area (Å²) in [6.07, 6.45) is 2.59. The predicted molar refractivity (Wildman–Crippen MR) is 73.9 cm³/mol. The molecule has 1 aromatic carbocycles. The number of phenols is 1. The first kappa shape index (κ1) is 13.7. The molecule has 2 amide bonds. The molecule has 19 heavy (non-hydrogen) atoms. The molecule has 0 spiro atoms. The Morgan fingerprint density at radius 1 is 1.16 bits per heavy atom. The number of hydrogen-bond donors (Lipinski definition) is 3. The summed E-state index contributed by atoms with van der Waals surface area (Å²) < 4.78 is 0. The van der Waals surface area contributed by atoms with Crippen LogP contribution in [0.5, 0.6) is 5.75 Å². The number of benzene rings is 1. The van der Waals surface area contributed by atoms with Gasteiger partial charge >= 0.3 is 0 Å². The molecule has 1 heterocycles. The van der Waals surface area contributed by atoms with Crippen LogP contribution in [0, 0.1) is 0 Å². The van der Waals surface area contributed by atoms with Crippen molar-refractivity contribution < 1.29 is 14.7 Å². The second kappa shape index (κ2) is 5.97. The molecular weight excluding hydrogens is 264 g/mol. The summed E-state index contributed by atoms with van der Waals surface area (Å²) in [6.45, 7) is 0. The topological polar surface area (TPSA) is 78.4 Å². The highest BCUT2D eigenvalue weighted by molar-refractivity contribution is 7.98. The number of phenolic OH excluding ortho intramolecular Hbond substituents is 1. The molecule has 5 nitrogen and oxygen atoms in total. The molecule has 0 radical (unpaired) electrons. The zero-order chi connectivity index (χ0) is 13.8. The van der Waals surface area contributed by atoms with E-state index in [1.165, 1.54) is 12.1 Å². The maximum absolute atomic E-state index is 12.0. The third-order valence-electron chi connectivity index (χ3n) is 3.02. The number of amides is 2. The van der Waals surface area contributed by atoms with Crippen molar-refractivity contribution in [3.05, 3.63) is 29.8 Å². The fourth-order valence-electron chi connectivity index (χ4n) is 1.97. The molecule has 2 atom stereocenters. The molecule has 1 aromatic rings. The van der Waals surface area contributed by atoms with Gasteiger partial charge in [-0.3, -0.25) is 9.59 Å². The third-order valence-corrected chi connectivity index (χ3v) is 3.66. The minimum absolute atomic E-state index is 0.129. The standard InChI is InChI=1S/C13H16N2O3S/c1-19-7-6-10-12(17)15-11(13(18)14-10)8-2-4-9(16)5-3-8/h2-5,10-11,16H,6-7H2,1H3,(H,14,18)(H,15,17)/t10-,11+/m0/s1. The SMILES string of the molecule is CSCC[C@@H]1NC(=O)[C@@H](c2ccc(O)cc2)NC1=O. The smallest absolute Gasteiger partial charge is 0.247 e. The van der Waals surface area contributed by atoms with Gasteiger partial charge in [0.25, 0.3) is 0 Å². The lowest BCUT2D eigenvalue weighted by atomic mass is 10.0. The van der Waals surface area contributed by atoms with E-state index in [2.05, 4.69) is 10.6 Å². The second-order valence-corrected chi connectivity index (χ2v) is 5.36. The maximum atomic E-state index is 12.0. The van der Waals surface area contributed by atoms with E-state index in [4.69, 9.17) is 0 Å². The lowest BCUT2D eigenvalue weighted by Gasteiger charge is -2.29. The van der Waals surface area contributed by atoms with Crippen LogP contribution >= 0.6 is 11.8 Å². The molecule has 0 bridgehead atoms. The average Bonchev–Trinajstić information content (AvgIpc) is 2.40. The van der Waals surface area contributed by atoms with Crippen molar-refractivity contribution in [1.29, 1.82) is 0 Å². The van der Waals surface area contributed by atoms with Gasteiger partial charge in [-0.25, -0.2) is 0 Å². The summed E-state index contributed by atoms with van der Waals surface area (Å²) in [5.41, 5.74) is 0.659. The van der Waals surface area contributed by atoms with E-state index in [-0.39, 0.29) is 17.6 Å². The van der Waals surface area contributed by atoms with Crippen LogP contribution in [0.4, 0.5) is 0 Å². The van der Waals surface area contributed by atoms with Gasteiger partial charge in [-0.1, -0.05) is 12.1 Å². The molecule has 0 aliphatic carbocycles. The Kier molecular flexibility index (Phi) is 4.31. The van der Waals surface area contributed by atoms with Crippen LogP contribution in [0.3, 0.4) is 0 Å². The summed E-state index contributed by atoms with van der Waals surface area (Å²) in [4.78, 5) is 23.9. The van der Waals surface area contributed by atoms with Crippen molar-refractivity contribution in [3.63, 3.8) is 0 Å². The number of piperazine rings is 1. The first-order chi connectivity index (χ1) is 9.11. The number of aromatic hydroxyl groups is 1. The van der Waals surface area contributed by atoms with Gasteiger partial charge in [0.1, 0.15) is 17.8 Å². The van der Waals surface area contributed by atoms with Crippen LogP contribution in [-0.2, 0) is 9.59 Å². The van der Waals surface area contributed by atoms with Gasteiger partial charge in [-0.05, 0) is 36.1 Å². The average molecular weight is 280 g/mol. The molecule has 1 aliphatic rings. The Bertz CT molecular complexity index is 475. The minimum Gasteiger partial charge on any atom is -0.508 e. The van der Waals surface area contributed by atoms with E-state index >= 15 is 0 Å². The highest BCUT2D eigenvalue weighted by Crippen LogP contribution is 2.20. The molecule has 0 saturated carbocycles. The van der Waals surface area contributed by atoms with Crippen molar-refractivity contribution in [3.8, 4) is 5.75 Å². The summed E-state index contributed by atoms with van der Waals surface area (Å²) in [5.74, 6) is 0.578. The van der Waals surface area contributed by atoms with Gasteiger partial charge in [0.2, 0.25) is 11.8 Å². The van der Waals surface area contributed by atoms with Crippen molar-refractivity contribution >= 4 is 23.6 Å². The number of carbonyl (C=O) groups excluding carboxylic acids is 2. The molecule has 102 valence electrons. The molecule has 6 heteroatoms. The molecule has 1 fully saturated rings. The van der Waals surface area contributed by atoms with Crippen LogP contribution < -0.4 is 10.6 Å². The fourth-order valence-corrected chi connectivity index (χ4v) is 2.44. The van der Waals surface area contributed by atoms with Crippen molar-refractivity contribution in [2.24, 2.45) is 0 Å². The second-order valence-electron chi connectivity index (χ2n) is 4.38. The van der Waals surface area contributed by atoms with E-state index in [9.17, 15) is 14.7 Å². The summed E-state index contributed by atoms with van der Waals surface area (Å²) in [7, 11) is 0. The highest BCUT2D eigenvalue weighted by Gasteiger charge is 2.33. The van der Waals surface area contributed by atoms with Crippen molar-refractivity contribution in [1.82, 2.24) is 10.6 Å². The van der Waals surface area contributed by atoms with Gasteiger partial charge in [-0.15, -0.1) is 0 Å². The molecule has 0 unspecified atom stereocenters. The Morgan fingerprint density at radius 2 is 1.84 bits per heavy atom. The Morgan fingerprint density at radius 3 is 2.47 bits per heavy atom. The fraction of sp³-hybridized carbons (Fsp3) is 0.385. The minimum atomic E-state index is -0.682. The zero-order valence-electron chi connectivity index (χ0n) is 10.6. The monoisotopic (exact) mass is 280 g/mol. The number of carbonyl (C=O) groups is 2. The summed E-state index contributed by atoms with van der Waals surface area (Å²) >= 11 is 1.64. The first-order valence-corrected chi connectivity index (χ1v) is 7.40. The summed E-state index contributed by atoms with van der Waals surface area (Å²) in [6, 6.07) is 5.11. The van der Waals surface area contributed by atoms with Crippen LogP contribution in [0.1, 0.15) is 18.0 Å². The number of hydrogen-bond acceptors (Lipinski definition) is 4. The Balaban J connectivity index is 2.08. The number of thioether (sulfide) groups is 1. The van der Waals surface area contributed by atoms with Crippen LogP contribution in [-0.4, -0.2) is 35.0 Å². The van der Waals surface area contributed by atoms with Gasteiger partial charge in [0.15, 0.2) is 0 Å². The molecule has 1 saturated heterocycles. The van der Waals surface area contributed by atoms with Crippen LogP contribution in [0.2, 0.25) is 0 Å². The largest absolute Gasteiger partial charge is 0.508 e. The normalized spacial score (nSPS) is 22.8. The van der Waals surface area contributed by atoms with Gasteiger partial charge < -0.3 is 15.7 Å². The van der Waals surface area contributed by atoms with E-state index < -0.39 is 12.1 Å². The molecular formula is C13H16N2O3S. The molecule has 3 N–H and O–H groups in total. The van der Waals surface area contributed by atoms with Crippen molar-refractivity contribution in [2.75, 3.05) is 12.0 Å². The van der Waals surface area contributed by atoms with Gasteiger partial charge in [-0.2, -0.15) is 11.8 Å². The van der Waals surface area contributed by atoms with E-state index in [0.29, 0.717) is 12.0 Å². The van der Waals surface area contributed by atoms with Crippen LogP contribution in [0.25, 0.3) is 0 Å². The summed E-state index contributed by atoms with van der Waals surface area (Å²) in [5, 5.41) is 14.7. The quantitative estimate of drug-likeness (QED) is 0.762. The zero-order valence-corrected chi connectivity index (χ0v) is 11.4. The van der Waals surface area contributed by atoms with Crippen LogP contribution in [0.15, 0.2) is 24.3 Å². The molecule has 1 aliphatic heterocycles. The first-order valence-electron chi connectivity index (χ1n) is 6.00. The van der Waals surface area contributed by atoms with E-state index in [1.807, 2.05) is 6.26 Å². The molecule has 2 rings (SSSR count). The Hall–Kier alpha value is -1.69. The third kappa shape index (κ3) is 3.20. The predicted octanol–water partition coefficient (Wildman–Crippen LogP) is 0.801. The van der Waals surface area contributed by atoms with Gasteiger partial charge in [0, 0.05) is 0 Å².